The molecule has 4 aromatic rings. The van der Waals surface area contributed by atoms with Gasteiger partial charge in [-0.25, -0.2) is 4.39 Å². The second-order valence-electron chi connectivity index (χ2n) is 6.62. The van der Waals surface area contributed by atoms with Crippen molar-refractivity contribution >= 4 is 0 Å². The average Bonchev–Trinajstić information content (AvgIpc) is 3.29. The first-order chi connectivity index (χ1) is 14.6. The summed E-state index contributed by atoms with van der Waals surface area (Å²) >= 11 is 0. The molecule has 4 rings (SSSR count). The molecule has 152 valence electrons. The minimum Gasteiger partial charge on any atom is -0.496 e. The van der Waals surface area contributed by atoms with Crippen LogP contribution in [0.15, 0.2) is 65.2 Å². The van der Waals surface area contributed by atoms with E-state index in [9.17, 15) is 14.6 Å². The minimum atomic E-state index is -0.517. The second kappa shape index (κ2) is 8.44. The third-order valence-electron chi connectivity index (χ3n) is 4.84. The lowest BCUT2D eigenvalue weighted by atomic mass is 10.0. The van der Waals surface area contributed by atoms with E-state index in [0.717, 1.165) is 5.56 Å². The van der Waals surface area contributed by atoms with Gasteiger partial charge in [0.15, 0.2) is 0 Å². The van der Waals surface area contributed by atoms with Crippen LogP contribution in [-0.4, -0.2) is 27.5 Å². The van der Waals surface area contributed by atoms with Gasteiger partial charge < -0.3 is 19.5 Å². The Bertz CT molecular complexity index is 1180. The minimum absolute atomic E-state index is 0.0113. The molecule has 0 radical (unpaired) electrons. The Labute approximate surface area is 172 Å². The molecule has 1 heterocycles. The van der Waals surface area contributed by atoms with Gasteiger partial charge in [0, 0.05) is 11.1 Å². The van der Waals surface area contributed by atoms with E-state index in [-0.39, 0.29) is 30.5 Å². The second-order valence-corrected chi connectivity index (χ2v) is 6.62. The van der Waals surface area contributed by atoms with E-state index in [1.165, 1.54) is 19.2 Å². The highest BCUT2D eigenvalue weighted by Crippen LogP contribution is 2.36. The summed E-state index contributed by atoms with van der Waals surface area (Å²) in [5.74, 6) is 0.218. The van der Waals surface area contributed by atoms with Crippen molar-refractivity contribution in [1.29, 1.82) is 0 Å². The molecule has 0 unspecified atom stereocenters. The number of aliphatic hydroxyl groups is 2. The SMILES string of the molecule is COc1cc(-c2nc(-c3ccc(CO)c(CO)c3)no2)c(F)cc1-c1ccccc1. The van der Waals surface area contributed by atoms with Gasteiger partial charge in [-0.15, -0.1) is 0 Å². The van der Waals surface area contributed by atoms with E-state index < -0.39 is 5.82 Å². The van der Waals surface area contributed by atoms with Crippen LogP contribution in [-0.2, 0) is 13.2 Å². The van der Waals surface area contributed by atoms with Gasteiger partial charge in [-0.05, 0) is 34.9 Å². The lowest BCUT2D eigenvalue weighted by Gasteiger charge is -2.10. The maximum Gasteiger partial charge on any atom is 0.261 e. The van der Waals surface area contributed by atoms with Crippen molar-refractivity contribution in [3.8, 4) is 39.7 Å². The van der Waals surface area contributed by atoms with Crippen molar-refractivity contribution in [1.82, 2.24) is 10.1 Å². The molecule has 1 aromatic heterocycles. The van der Waals surface area contributed by atoms with Crippen LogP contribution in [0.25, 0.3) is 34.0 Å². The number of hydrogen-bond donors (Lipinski definition) is 2. The highest BCUT2D eigenvalue weighted by Gasteiger charge is 2.19. The number of hydrogen-bond acceptors (Lipinski definition) is 6. The molecule has 30 heavy (non-hydrogen) atoms. The predicted octanol–water partition coefficient (Wildman–Crippen LogP) is 4.20. The topological polar surface area (TPSA) is 88.6 Å². The molecule has 0 fully saturated rings. The standard InChI is InChI=1S/C23H19FN2O4/c1-29-21-11-19(20(24)10-18(21)14-5-3-2-4-6-14)23-25-22(26-30-23)15-7-8-16(12-27)17(9-15)13-28/h2-11,27-28H,12-13H2,1H3. The number of ether oxygens (including phenoxy) is 1. The number of aromatic nitrogens is 2. The van der Waals surface area contributed by atoms with Gasteiger partial charge in [0.05, 0.1) is 25.9 Å². The van der Waals surface area contributed by atoms with Crippen LogP contribution in [0, 0.1) is 5.82 Å². The van der Waals surface area contributed by atoms with E-state index in [1.807, 2.05) is 30.3 Å². The lowest BCUT2D eigenvalue weighted by Crippen LogP contribution is -1.95. The molecule has 0 aliphatic carbocycles. The summed E-state index contributed by atoms with van der Waals surface area (Å²) in [6, 6.07) is 17.3. The van der Waals surface area contributed by atoms with Crippen LogP contribution in [0.1, 0.15) is 11.1 Å². The molecule has 2 N–H and O–H groups in total. The summed E-state index contributed by atoms with van der Waals surface area (Å²) in [7, 11) is 1.52. The molecule has 0 spiro atoms. The molecule has 0 aliphatic heterocycles. The quantitative estimate of drug-likeness (QED) is 0.499. The van der Waals surface area contributed by atoms with Crippen molar-refractivity contribution in [2.75, 3.05) is 7.11 Å². The molecular weight excluding hydrogens is 387 g/mol. The van der Waals surface area contributed by atoms with Crippen molar-refractivity contribution in [2.24, 2.45) is 0 Å². The van der Waals surface area contributed by atoms with Crippen molar-refractivity contribution in [2.45, 2.75) is 13.2 Å². The average molecular weight is 406 g/mol. The zero-order chi connectivity index (χ0) is 21.1. The maximum atomic E-state index is 14.9. The fourth-order valence-corrected chi connectivity index (χ4v) is 3.25. The number of halogens is 1. The Morgan fingerprint density at radius 3 is 2.37 bits per heavy atom. The zero-order valence-corrected chi connectivity index (χ0v) is 16.2. The summed E-state index contributed by atoms with van der Waals surface area (Å²) in [6.07, 6.45) is 0. The maximum absolute atomic E-state index is 14.9. The molecule has 3 aromatic carbocycles. The number of nitrogens with zero attached hydrogens (tertiary/aromatic N) is 2. The van der Waals surface area contributed by atoms with E-state index in [4.69, 9.17) is 9.26 Å². The fourth-order valence-electron chi connectivity index (χ4n) is 3.25. The van der Waals surface area contributed by atoms with E-state index in [1.54, 1.807) is 18.2 Å². The van der Waals surface area contributed by atoms with Gasteiger partial charge >= 0.3 is 0 Å². The van der Waals surface area contributed by atoms with Gasteiger partial charge in [0.25, 0.3) is 5.89 Å². The van der Waals surface area contributed by atoms with Crippen LogP contribution in [0.5, 0.6) is 5.75 Å². The first-order valence-corrected chi connectivity index (χ1v) is 9.25. The summed E-state index contributed by atoms with van der Waals surface area (Å²) < 4.78 is 25.7. The number of benzene rings is 3. The zero-order valence-electron chi connectivity index (χ0n) is 16.2. The number of aliphatic hydroxyl groups excluding tert-OH is 2. The van der Waals surface area contributed by atoms with E-state index in [2.05, 4.69) is 10.1 Å². The lowest BCUT2D eigenvalue weighted by molar-refractivity contribution is 0.260. The van der Waals surface area contributed by atoms with Crippen molar-refractivity contribution in [3.63, 3.8) is 0 Å². The predicted molar refractivity (Wildman–Crippen MR) is 109 cm³/mol. The summed E-state index contributed by atoms with van der Waals surface area (Å²) in [6.45, 7) is -0.423. The Morgan fingerprint density at radius 2 is 1.67 bits per heavy atom. The summed E-state index contributed by atoms with van der Waals surface area (Å²) in [5, 5.41) is 22.7. The van der Waals surface area contributed by atoms with Crippen molar-refractivity contribution < 1.29 is 23.9 Å². The van der Waals surface area contributed by atoms with Crippen LogP contribution in [0.3, 0.4) is 0 Å². The molecule has 0 saturated heterocycles. The molecular formula is C23H19FN2O4. The Morgan fingerprint density at radius 1 is 0.900 bits per heavy atom. The van der Waals surface area contributed by atoms with Crippen LogP contribution < -0.4 is 4.74 Å². The normalized spacial score (nSPS) is 10.9. The molecule has 0 aliphatic rings. The third-order valence-corrected chi connectivity index (χ3v) is 4.84. The molecule has 0 saturated carbocycles. The first-order valence-electron chi connectivity index (χ1n) is 9.25. The Kier molecular flexibility index (Phi) is 5.56. The molecule has 7 heteroatoms. The molecule has 0 bridgehead atoms. The number of methoxy groups -OCH3 is 1. The summed E-state index contributed by atoms with van der Waals surface area (Å²) in [4.78, 5) is 4.30. The van der Waals surface area contributed by atoms with Crippen molar-refractivity contribution in [3.05, 3.63) is 77.6 Å². The molecule has 0 amide bonds. The fraction of sp³-hybridized carbons (Fsp3) is 0.130. The van der Waals surface area contributed by atoms with E-state index >= 15 is 0 Å². The molecule has 0 atom stereocenters. The highest BCUT2D eigenvalue weighted by atomic mass is 19.1. The Hall–Kier alpha value is -3.55. The summed E-state index contributed by atoms with van der Waals surface area (Å²) in [5.41, 5.74) is 3.32. The van der Waals surface area contributed by atoms with Crippen LogP contribution in [0.4, 0.5) is 4.39 Å². The van der Waals surface area contributed by atoms with Crippen LogP contribution >= 0.6 is 0 Å². The van der Waals surface area contributed by atoms with Gasteiger partial charge in [-0.3, -0.25) is 0 Å². The van der Waals surface area contributed by atoms with E-state index in [0.29, 0.717) is 28.0 Å². The van der Waals surface area contributed by atoms with Gasteiger partial charge in [0.2, 0.25) is 5.82 Å². The third kappa shape index (κ3) is 3.68. The Balaban J connectivity index is 1.73. The van der Waals surface area contributed by atoms with Gasteiger partial charge in [0.1, 0.15) is 11.6 Å². The monoisotopic (exact) mass is 406 g/mol. The smallest absolute Gasteiger partial charge is 0.261 e. The van der Waals surface area contributed by atoms with Crippen LogP contribution in [0.2, 0.25) is 0 Å². The number of rotatable bonds is 6. The largest absolute Gasteiger partial charge is 0.496 e. The first kappa shape index (κ1) is 19.8. The van der Waals surface area contributed by atoms with Gasteiger partial charge in [-0.1, -0.05) is 47.6 Å². The highest BCUT2D eigenvalue weighted by molar-refractivity contribution is 5.75. The molecule has 6 nitrogen and oxygen atoms in total. The van der Waals surface area contributed by atoms with Gasteiger partial charge in [-0.2, -0.15) is 4.98 Å².